The zero-order valence-electron chi connectivity index (χ0n) is 26.7. The van der Waals surface area contributed by atoms with Crippen molar-refractivity contribution in [2.45, 2.75) is 68.1 Å². The molecule has 0 spiro atoms. The smallest absolute Gasteiger partial charge is 0.137 e. The maximum Gasteiger partial charge on any atom is 0.137 e. The molecule has 1 saturated heterocycles. The normalized spacial score (nSPS) is 21.0. The molecule has 0 saturated carbocycles. The topological polar surface area (TPSA) is 46.2 Å². The van der Waals surface area contributed by atoms with E-state index in [1.54, 1.807) is 11.8 Å². The minimum absolute atomic E-state index is 0.343. The number of hydrogen-bond donors (Lipinski definition) is 0. The Balaban J connectivity index is 1.31. The van der Waals surface area contributed by atoms with E-state index in [0.29, 0.717) is 33.0 Å². The Bertz CT molecular complexity index is 1590. The SMILES string of the molecule is Cc1ccc(S[C@H]2O[C@H](COCc3ccccc3)[C@H](OCc3ccccc3)[C@H](OCc3ccccc3)[C@H]2OCc2ccccc2)cc1. The van der Waals surface area contributed by atoms with E-state index in [9.17, 15) is 0 Å². The number of rotatable bonds is 15. The van der Waals surface area contributed by atoms with Gasteiger partial charge in [-0.1, -0.05) is 151 Å². The van der Waals surface area contributed by atoms with E-state index in [1.165, 1.54) is 5.56 Å². The largest absolute Gasteiger partial charge is 0.374 e. The Morgan fingerprint density at radius 2 is 0.915 bits per heavy atom. The van der Waals surface area contributed by atoms with Gasteiger partial charge in [-0.15, -0.1) is 0 Å². The average Bonchev–Trinajstić information content (AvgIpc) is 3.12. The van der Waals surface area contributed by atoms with E-state index in [2.05, 4.69) is 79.7 Å². The summed E-state index contributed by atoms with van der Waals surface area (Å²) in [5.74, 6) is 0. The van der Waals surface area contributed by atoms with Gasteiger partial charge in [0.15, 0.2) is 0 Å². The lowest BCUT2D eigenvalue weighted by molar-refractivity contribution is -0.254. The molecule has 6 rings (SSSR count). The second kappa shape index (κ2) is 17.4. The van der Waals surface area contributed by atoms with Gasteiger partial charge in [0.1, 0.15) is 29.9 Å². The van der Waals surface area contributed by atoms with E-state index >= 15 is 0 Å². The molecule has 0 bridgehead atoms. The van der Waals surface area contributed by atoms with E-state index in [4.69, 9.17) is 23.7 Å². The highest BCUT2D eigenvalue weighted by Gasteiger charge is 2.49. The summed E-state index contributed by atoms with van der Waals surface area (Å²) in [5.41, 5.74) is 5.20. The molecule has 47 heavy (non-hydrogen) atoms. The average molecular weight is 647 g/mol. The molecular formula is C41H42O5S. The highest BCUT2D eigenvalue weighted by atomic mass is 32.2. The molecule has 1 aliphatic rings. The summed E-state index contributed by atoms with van der Waals surface area (Å²) < 4.78 is 33.7. The predicted octanol–water partition coefficient (Wildman–Crippen LogP) is 8.79. The van der Waals surface area contributed by atoms with Gasteiger partial charge in [-0.3, -0.25) is 0 Å². The first-order chi connectivity index (χ1) is 23.2. The summed E-state index contributed by atoms with van der Waals surface area (Å²) >= 11 is 1.65. The third-order valence-corrected chi connectivity index (χ3v) is 9.27. The molecule has 5 nitrogen and oxygen atoms in total. The monoisotopic (exact) mass is 646 g/mol. The van der Waals surface area contributed by atoms with Crippen molar-refractivity contribution >= 4 is 11.8 Å². The summed E-state index contributed by atoms with van der Waals surface area (Å²) in [6.07, 6.45) is -1.73. The van der Waals surface area contributed by atoms with Gasteiger partial charge in [-0.05, 0) is 41.3 Å². The lowest BCUT2D eigenvalue weighted by Crippen LogP contribution is -2.60. The van der Waals surface area contributed by atoms with Gasteiger partial charge >= 0.3 is 0 Å². The molecule has 0 N–H and O–H groups in total. The van der Waals surface area contributed by atoms with Crippen LogP contribution in [0.25, 0.3) is 0 Å². The Labute approximate surface area is 282 Å². The van der Waals surface area contributed by atoms with Crippen molar-refractivity contribution in [2.24, 2.45) is 0 Å². The van der Waals surface area contributed by atoms with Crippen LogP contribution in [0.1, 0.15) is 27.8 Å². The fourth-order valence-electron chi connectivity index (χ4n) is 5.59. The Kier molecular flexibility index (Phi) is 12.3. The second-order valence-electron chi connectivity index (χ2n) is 11.8. The summed E-state index contributed by atoms with van der Waals surface area (Å²) in [6.45, 7) is 4.17. The Morgan fingerprint density at radius 1 is 0.489 bits per heavy atom. The molecule has 0 unspecified atom stereocenters. The standard InChI is InChI=1S/C41H42O5S/c1-31-22-24-36(25-23-31)47-41-40(45-29-35-20-12-5-13-21-35)39(44-28-34-18-10-4-11-19-34)38(43-27-33-16-8-3-9-17-33)37(46-41)30-42-26-32-14-6-2-7-15-32/h2-25,37-41H,26-30H2,1H3/t37-,38+,39+,40-,41-/m1/s1. The van der Waals surface area contributed by atoms with E-state index in [1.807, 2.05) is 72.8 Å². The lowest BCUT2D eigenvalue weighted by atomic mass is 9.98. The number of benzene rings is 5. The number of aryl methyl sites for hydroxylation is 1. The zero-order valence-corrected chi connectivity index (χ0v) is 27.5. The molecule has 1 heterocycles. The molecule has 5 atom stereocenters. The maximum absolute atomic E-state index is 6.95. The van der Waals surface area contributed by atoms with E-state index in [-0.39, 0.29) is 5.44 Å². The zero-order chi connectivity index (χ0) is 32.1. The van der Waals surface area contributed by atoms with Crippen LogP contribution in [0.2, 0.25) is 0 Å². The van der Waals surface area contributed by atoms with Gasteiger partial charge in [0.2, 0.25) is 0 Å². The summed E-state index contributed by atoms with van der Waals surface area (Å²) in [4.78, 5) is 1.10. The fourth-order valence-corrected chi connectivity index (χ4v) is 6.72. The molecule has 1 fully saturated rings. The van der Waals surface area contributed by atoms with Crippen LogP contribution in [0.4, 0.5) is 0 Å². The van der Waals surface area contributed by atoms with Crippen molar-refractivity contribution in [1.29, 1.82) is 0 Å². The van der Waals surface area contributed by atoms with Crippen LogP contribution in [0, 0.1) is 6.92 Å². The summed E-state index contributed by atoms with van der Waals surface area (Å²) in [5, 5.41) is 0. The third-order valence-electron chi connectivity index (χ3n) is 8.11. The van der Waals surface area contributed by atoms with Crippen molar-refractivity contribution in [3.63, 3.8) is 0 Å². The second-order valence-corrected chi connectivity index (χ2v) is 12.9. The van der Waals surface area contributed by atoms with Gasteiger partial charge < -0.3 is 23.7 Å². The first-order valence-corrected chi connectivity index (χ1v) is 17.1. The van der Waals surface area contributed by atoms with Crippen LogP contribution in [0.15, 0.2) is 150 Å². The van der Waals surface area contributed by atoms with E-state index in [0.717, 1.165) is 27.1 Å². The van der Waals surface area contributed by atoms with Gasteiger partial charge in [-0.25, -0.2) is 0 Å². The van der Waals surface area contributed by atoms with Gasteiger partial charge in [0.25, 0.3) is 0 Å². The first kappa shape index (κ1) is 33.2. The van der Waals surface area contributed by atoms with Gasteiger partial charge in [0.05, 0.1) is 33.0 Å². The van der Waals surface area contributed by atoms with E-state index < -0.39 is 24.4 Å². The van der Waals surface area contributed by atoms with Crippen LogP contribution >= 0.6 is 11.8 Å². The Morgan fingerprint density at radius 3 is 1.40 bits per heavy atom. The fraction of sp³-hybridized carbons (Fsp3) is 0.268. The van der Waals surface area contributed by atoms with Gasteiger partial charge in [0, 0.05) is 4.90 Å². The summed E-state index contributed by atoms with van der Waals surface area (Å²) in [6, 6.07) is 49.4. The molecule has 6 heteroatoms. The molecule has 1 aliphatic heterocycles. The third kappa shape index (κ3) is 9.88. The van der Waals surface area contributed by atoms with Crippen molar-refractivity contribution in [2.75, 3.05) is 6.61 Å². The van der Waals surface area contributed by atoms with Crippen molar-refractivity contribution in [1.82, 2.24) is 0 Å². The number of thioether (sulfide) groups is 1. The highest BCUT2D eigenvalue weighted by Crippen LogP contribution is 2.38. The quantitative estimate of drug-likeness (QED) is 0.113. The predicted molar refractivity (Wildman–Crippen MR) is 187 cm³/mol. The minimum Gasteiger partial charge on any atom is -0.374 e. The van der Waals surface area contributed by atoms with Gasteiger partial charge in [-0.2, -0.15) is 0 Å². The molecule has 5 aromatic rings. The molecule has 5 aromatic carbocycles. The molecule has 242 valence electrons. The van der Waals surface area contributed by atoms with Crippen molar-refractivity contribution in [3.05, 3.63) is 173 Å². The summed E-state index contributed by atoms with van der Waals surface area (Å²) in [7, 11) is 0. The minimum atomic E-state index is -0.453. The molecule has 0 radical (unpaired) electrons. The molecular weight excluding hydrogens is 605 g/mol. The molecule has 0 amide bonds. The molecule has 0 aliphatic carbocycles. The Hall–Kier alpha value is -3.75. The van der Waals surface area contributed by atoms with Crippen molar-refractivity contribution in [3.8, 4) is 0 Å². The first-order valence-electron chi connectivity index (χ1n) is 16.2. The lowest BCUT2D eigenvalue weighted by Gasteiger charge is -2.46. The van der Waals surface area contributed by atoms with Crippen molar-refractivity contribution < 1.29 is 23.7 Å². The van der Waals surface area contributed by atoms with Crippen LogP contribution in [-0.4, -0.2) is 36.5 Å². The number of ether oxygens (including phenoxy) is 5. The van der Waals surface area contributed by atoms with Crippen LogP contribution in [-0.2, 0) is 50.1 Å². The molecule has 0 aromatic heterocycles. The highest BCUT2D eigenvalue weighted by molar-refractivity contribution is 7.99. The van der Waals surface area contributed by atoms with Crippen LogP contribution in [0.5, 0.6) is 0 Å². The van der Waals surface area contributed by atoms with Crippen LogP contribution in [0.3, 0.4) is 0 Å². The maximum atomic E-state index is 6.95. The van der Waals surface area contributed by atoms with Crippen LogP contribution < -0.4 is 0 Å². The number of hydrogen-bond acceptors (Lipinski definition) is 6.